The van der Waals surface area contributed by atoms with Crippen molar-refractivity contribution in [3.63, 3.8) is 0 Å². The van der Waals surface area contributed by atoms with E-state index in [4.69, 9.17) is 11.6 Å². The molecule has 4 nitrogen and oxygen atoms in total. The van der Waals surface area contributed by atoms with Crippen molar-refractivity contribution in [1.29, 1.82) is 0 Å². The maximum Gasteiger partial charge on any atom is 0.230 e. The zero-order valence-electron chi connectivity index (χ0n) is 12.5. The summed E-state index contributed by atoms with van der Waals surface area (Å²) in [6.07, 6.45) is 3.33. The molecule has 3 rings (SSSR count). The summed E-state index contributed by atoms with van der Waals surface area (Å²) >= 11 is 5.71. The van der Waals surface area contributed by atoms with Crippen LogP contribution in [0.1, 0.15) is 5.56 Å². The number of amides is 1. The molecule has 0 aliphatic heterocycles. The first kappa shape index (κ1) is 16.1. The van der Waals surface area contributed by atoms with Crippen molar-refractivity contribution in [1.82, 2.24) is 9.97 Å². The Bertz CT molecular complexity index is 851. The van der Waals surface area contributed by atoms with Crippen LogP contribution in [0, 0.1) is 5.82 Å². The summed E-state index contributed by atoms with van der Waals surface area (Å²) in [7, 11) is 0. The standard InChI is InChI=1S/C18H13ClFN3O/c19-16-6-4-12(10-21-16)8-18(24)23-17-7-5-14(11-22-17)13-2-1-3-15(20)9-13/h1-7,9-11H,8H2,(H,22,23,24). The minimum atomic E-state index is -0.304. The van der Waals surface area contributed by atoms with Gasteiger partial charge >= 0.3 is 0 Å². The van der Waals surface area contributed by atoms with Crippen molar-refractivity contribution in [2.24, 2.45) is 0 Å². The summed E-state index contributed by atoms with van der Waals surface area (Å²) in [5, 5.41) is 3.09. The number of rotatable bonds is 4. The van der Waals surface area contributed by atoms with E-state index in [2.05, 4.69) is 15.3 Å². The highest BCUT2D eigenvalue weighted by Gasteiger charge is 2.06. The molecule has 2 aromatic heterocycles. The smallest absolute Gasteiger partial charge is 0.230 e. The Morgan fingerprint density at radius 3 is 2.58 bits per heavy atom. The van der Waals surface area contributed by atoms with E-state index in [0.29, 0.717) is 11.0 Å². The van der Waals surface area contributed by atoms with E-state index < -0.39 is 0 Å². The van der Waals surface area contributed by atoms with Gasteiger partial charge in [0.15, 0.2) is 0 Å². The van der Waals surface area contributed by atoms with Crippen molar-refractivity contribution in [3.05, 3.63) is 77.5 Å². The second-order valence-corrected chi connectivity index (χ2v) is 5.54. The first-order valence-electron chi connectivity index (χ1n) is 7.22. The van der Waals surface area contributed by atoms with Crippen LogP contribution < -0.4 is 5.32 Å². The van der Waals surface area contributed by atoms with Crippen LogP contribution in [0.4, 0.5) is 10.2 Å². The van der Waals surface area contributed by atoms with Gasteiger partial charge in [0.25, 0.3) is 0 Å². The van der Waals surface area contributed by atoms with E-state index in [1.807, 2.05) is 0 Å². The number of anilines is 1. The summed E-state index contributed by atoms with van der Waals surface area (Å²) in [6.45, 7) is 0. The third-order valence-corrected chi connectivity index (χ3v) is 3.57. The number of carbonyl (C=O) groups excluding carboxylic acids is 1. The number of nitrogens with one attached hydrogen (secondary N) is 1. The highest BCUT2D eigenvalue weighted by Crippen LogP contribution is 2.20. The molecule has 0 aliphatic rings. The molecule has 0 atom stereocenters. The van der Waals surface area contributed by atoms with Gasteiger partial charge in [0.2, 0.25) is 5.91 Å². The number of hydrogen-bond donors (Lipinski definition) is 1. The SMILES string of the molecule is O=C(Cc1ccc(Cl)nc1)Nc1ccc(-c2cccc(F)c2)cn1. The molecule has 1 amide bonds. The maximum atomic E-state index is 13.2. The molecule has 6 heteroatoms. The molecule has 0 radical (unpaired) electrons. The van der Waals surface area contributed by atoms with Gasteiger partial charge in [-0.25, -0.2) is 14.4 Å². The van der Waals surface area contributed by atoms with Crippen molar-refractivity contribution < 1.29 is 9.18 Å². The van der Waals surface area contributed by atoms with Crippen molar-refractivity contribution in [2.75, 3.05) is 5.32 Å². The minimum absolute atomic E-state index is 0.178. The molecule has 0 unspecified atom stereocenters. The lowest BCUT2D eigenvalue weighted by Gasteiger charge is -2.06. The monoisotopic (exact) mass is 341 g/mol. The Labute approximate surface area is 143 Å². The predicted molar refractivity (Wildman–Crippen MR) is 91.2 cm³/mol. The van der Waals surface area contributed by atoms with Crippen LogP contribution in [0.2, 0.25) is 5.15 Å². The second kappa shape index (κ2) is 7.19. The average molecular weight is 342 g/mol. The van der Waals surface area contributed by atoms with Gasteiger partial charge in [0.1, 0.15) is 16.8 Å². The summed E-state index contributed by atoms with van der Waals surface area (Å²) in [5.41, 5.74) is 2.26. The first-order chi connectivity index (χ1) is 11.6. The topological polar surface area (TPSA) is 54.9 Å². The van der Waals surface area contributed by atoms with Gasteiger partial charge in [-0.05, 0) is 41.5 Å². The molecular weight excluding hydrogens is 329 g/mol. The lowest BCUT2D eigenvalue weighted by atomic mass is 10.1. The van der Waals surface area contributed by atoms with Gasteiger partial charge in [-0.2, -0.15) is 0 Å². The fraction of sp³-hybridized carbons (Fsp3) is 0.0556. The van der Waals surface area contributed by atoms with E-state index >= 15 is 0 Å². The lowest BCUT2D eigenvalue weighted by molar-refractivity contribution is -0.115. The van der Waals surface area contributed by atoms with Gasteiger partial charge in [0.05, 0.1) is 6.42 Å². The van der Waals surface area contributed by atoms with Crippen LogP contribution in [-0.4, -0.2) is 15.9 Å². The van der Waals surface area contributed by atoms with Gasteiger partial charge in [-0.3, -0.25) is 4.79 Å². The normalized spacial score (nSPS) is 10.4. The van der Waals surface area contributed by atoms with Gasteiger partial charge in [-0.1, -0.05) is 29.8 Å². The zero-order chi connectivity index (χ0) is 16.9. The Hall–Kier alpha value is -2.79. The van der Waals surface area contributed by atoms with E-state index in [-0.39, 0.29) is 18.1 Å². The largest absolute Gasteiger partial charge is 0.310 e. The van der Waals surface area contributed by atoms with Crippen LogP contribution in [0.3, 0.4) is 0 Å². The lowest BCUT2D eigenvalue weighted by Crippen LogP contribution is -2.15. The van der Waals surface area contributed by atoms with Crippen molar-refractivity contribution in [3.8, 4) is 11.1 Å². The summed E-state index contributed by atoms with van der Waals surface area (Å²) < 4.78 is 13.2. The first-order valence-corrected chi connectivity index (χ1v) is 7.60. The number of aromatic nitrogens is 2. The van der Waals surface area contributed by atoms with E-state index in [1.54, 1.807) is 48.8 Å². The Morgan fingerprint density at radius 2 is 1.92 bits per heavy atom. The quantitative estimate of drug-likeness (QED) is 0.726. The molecule has 0 spiro atoms. The number of carbonyl (C=O) groups is 1. The molecule has 0 saturated heterocycles. The Balaban J connectivity index is 1.65. The van der Waals surface area contributed by atoms with Crippen LogP contribution in [0.15, 0.2) is 60.9 Å². The zero-order valence-corrected chi connectivity index (χ0v) is 13.3. The molecular formula is C18H13ClFN3O. The van der Waals surface area contributed by atoms with Crippen LogP contribution in [-0.2, 0) is 11.2 Å². The van der Waals surface area contributed by atoms with E-state index in [9.17, 15) is 9.18 Å². The second-order valence-electron chi connectivity index (χ2n) is 5.16. The van der Waals surface area contributed by atoms with Crippen LogP contribution in [0.25, 0.3) is 11.1 Å². The number of halogens is 2. The van der Waals surface area contributed by atoms with Gasteiger partial charge in [0, 0.05) is 18.0 Å². The molecule has 0 aliphatic carbocycles. The van der Waals surface area contributed by atoms with Crippen LogP contribution in [0.5, 0.6) is 0 Å². The predicted octanol–water partition coefficient (Wildman–Crippen LogP) is 4.12. The molecule has 0 bridgehead atoms. The molecule has 1 aromatic carbocycles. The number of hydrogen-bond acceptors (Lipinski definition) is 3. The molecule has 24 heavy (non-hydrogen) atoms. The third kappa shape index (κ3) is 4.14. The highest BCUT2D eigenvalue weighted by molar-refractivity contribution is 6.29. The fourth-order valence-electron chi connectivity index (χ4n) is 2.19. The molecule has 0 saturated carbocycles. The summed E-state index contributed by atoms with van der Waals surface area (Å²) in [5.74, 6) is -0.0753. The van der Waals surface area contributed by atoms with Crippen molar-refractivity contribution >= 4 is 23.3 Å². The minimum Gasteiger partial charge on any atom is -0.310 e. The molecule has 120 valence electrons. The number of benzene rings is 1. The fourth-order valence-corrected chi connectivity index (χ4v) is 2.30. The maximum absolute atomic E-state index is 13.2. The van der Waals surface area contributed by atoms with Gasteiger partial charge in [-0.15, -0.1) is 0 Å². The Kier molecular flexibility index (Phi) is 4.82. The molecule has 3 aromatic rings. The number of nitrogens with zero attached hydrogens (tertiary/aromatic N) is 2. The van der Waals surface area contributed by atoms with E-state index in [0.717, 1.165) is 16.7 Å². The molecule has 2 heterocycles. The summed E-state index contributed by atoms with van der Waals surface area (Å²) in [6, 6.07) is 13.1. The van der Waals surface area contributed by atoms with Gasteiger partial charge < -0.3 is 5.32 Å². The summed E-state index contributed by atoms with van der Waals surface area (Å²) in [4.78, 5) is 20.1. The highest BCUT2D eigenvalue weighted by atomic mass is 35.5. The van der Waals surface area contributed by atoms with Crippen molar-refractivity contribution in [2.45, 2.75) is 6.42 Å². The van der Waals surface area contributed by atoms with Crippen LogP contribution >= 0.6 is 11.6 Å². The van der Waals surface area contributed by atoms with E-state index in [1.165, 1.54) is 12.1 Å². The third-order valence-electron chi connectivity index (χ3n) is 3.34. The number of pyridine rings is 2. The Morgan fingerprint density at radius 1 is 1.04 bits per heavy atom. The average Bonchev–Trinajstić information content (AvgIpc) is 2.58. The molecule has 0 fully saturated rings. The molecule has 1 N–H and O–H groups in total.